The summed E-state index contributed by atoms with van der Waals surface area (Å²) < 4.78 is 10.3. The summed E-state index contributed by atoms with van der Waals surface area (Å²) in [6.07, 6.45) is 3.82. The van der Waals surface area contributed by atoms with E-state index in [-0.39, 0.29) is 12.4 Å². The lowest BCUT2D eigenvalue weighted by Crippen LogP contribution is -2.27. The standard InChI is InChI=1S/C11H15NO3/c13-10(11-4-2-6-15-11)8-14-7-9-3-1-5-12-9/h2,4,6,9,12H,1,3,5,7-8H2/t9-/m0/s1. The molecule has 1 saturated heterocycles. The number of Topliss-reactive ketones (excluding diaryl/α,β-unsaturated/α-hetero) is 1. The van der Waals surface area contributed by atoms with Crippen LogP contribution in [0.4, 0.5) is 0 Å². The molecule has 0 radical (unpaired) electrons. The normalized spacial score (nSPS) is 20.7. The van der Waals surface area contributed by atoms with Gasteiger partial charge in [-0.1, -0.05) is 0 Å². The zero-order valence-corrected chi connectivity index (χ0v) is 8.57. The molecule has 0 aliphatic carbocycles. The zero-order chi connectivity index (χ0) is 10.5. The van der Waals surface area contributed by atoms with Crippen LogP contribution in [0.5, 0.6) is 0 Å². The second-order valence-corrected chi connectivity index (χ2v) is 3.71. The predicted molar refractivity (Wildman–Crippen MR) is 54.9 cm³/mol. The van der Waals surface area contributed by atoms with Crippen molar-refractivity contribution in [3.63, 3.8) is 0 Å². The summed E-state index contributed by atoms with van der Waals surface area (Å²) in [5, 5.41) is 3.31. The molecule has 1 atom stereocenters. The molecule has 1 aromatic rings. The van der Waals surface area contributed by atoms with Gasteiger partial charge < -0.3 is 14.5 Å². The summed E-state index contributed by atoms with van der Waals surface area (Å²) in [6.45, 7) is 1.76. The van der Waals surface area contributed by atoms with Crippen LogP contribution in [0.25, 0.3) is 0 Å². The minimum atomic E-state index is -0.0991. The van der Waals surface area contributed by atoms with Crippen molar-refractivity contribution in [1.29, 1.82) is 0 Å². The number of carbonyl (C=O) groups is 1. The molecule has 1 aliphatic rings. The van der Waals surface area contributed by atoms with Crippen LogP contribution >= 0.6 is 0 Å². The van der Waals surface area contributed by atoms with E-state index in [1.807, 2.05) is 0 Å². The lowest BCUT2D eigenvalue weighted by Gasteiger charge is -2.09. The topological polar surface area (TPSA) is 51.5 Å². The fraction of sp³-hybridized carbons (Fsp3) is 0.545. The summed E-state index contributed by atoms with van der Waals surface area (Å²) in [5.74, 6) is 0.271. The number of hydrogen-bond acceptors (Lipinski definition) is 4. The van der Waals surface area contributed by atoms with Gasteiger partial charge in [-0.2, -0.15) is 0 Å². The molecule has 0 aromatic carbocycles. The summed E-state index contributed by atoms with van der Waals surface area (Å²) in [5.41, 5.74) is 0. The van der Waals surface area contributed by atoms with Crippen molar-refractivity contribution in [3.05, 3.63) is 24.2 Å². The van der Waals surface area contributed by atoms with Gasteiger partial charge in [0.1, 0.15) is 6.61 Å². The van der Waals surface area contributed by atoms with Gasteiger partial charge in [-0.3, -0.25) is 4.79 Å². The Balaban J connectivity index is 1.67. The monoisotopic (exact) mass is 209 g/mol. The third kappa shape index (κ3) is 2.91. The Bertz CT molecular complexity index is 302. The van der Waals surface area contributed by atoms with Crippen molar-refractivity contribution in [2.75, 3.05) is 19.8 Å². The molecule has 1 aliphatic heterocycles. The quantitative estimate of drug-likeness (QED) is 0.741. The highest BCUT2D eigenvalue weighted by Crippen LogP contribution is 2.06. The average Bonchev–Trinajstić information content (AvgIpc) is 2.90. The zero-order valence-electron chi connectivity index (χ0n) is 8.57. The first kappa shape index (κ1) is 10.4. The van der Waals surface area contributed by atoms with Crippen molar-refractivity contribution >= 4 is 5.78 Å². The van der Waals surface area contributed by atoms with E-state index >= 15 is 0 Å². The fourth-order valence-electron chi connectivity index (χ4n) is 1.70. The van der Waals surface area contributed by atoms with Crippen molar-refractivity contribution < 1.29 is 13.9 Å². The maximum Gasteiger partial charge on any atom is 0.223 e. The molecular formula is C11H15NO3. The lowest BCUT2D eigenvalue weighted by molar-refractivity contribution is 0.0697. The van der Waals surface area contributed by atoms with Crippen molar-refractivity contribution in [1.82, 2.24) is 5.32 Å². The molecule has 15 heavy (non-hydrogen) atoms. The second-order valence-electron chi connectivity index (χ2n) is 3.71. The molecule has 1 fully saturated rings. The van der Waals surface area contributed by atoms with Crippen molar-refractivity contribution in [3.8, 4) is 0 Å². The van der Waals surface area contributed by atoms with Crippen LogP contribution in [-0.2, 0) is 4.74 Å². The number of carbonyl (C=O) groups excluding carboxylic acids is 1. The lowest BCUT2D eigenvalue weighted by atomic mass is 10.2. The smallest absolute Gasteiger partial charge is 0.223 e. The van der Waals surface area contributed by atoms with Crippen LogP contribution in [0.1, 0.15) is 23.4 Å². The Hall–Kier alpha value is -1.13. The Morgan fingerprint density at radius 2 is 2.60 bits per heavy atom. The first-order valence-electron chi connectivity index (χ1n) is 5.24. The van der Waals surface area contributed by atoms with Gasteiger partial charge in [-0.25, -0.2) is 0 Å². The third-order valence-electron chi connectivity index (χ3n) is 2.51. The first-order chi connectivity index (χ1) is 7.36. The minimum Gasteiger partial charge on any atom is -0.461 e. The molecule has 0 bridgehead atoms. The maximum absolute atomic E-state index is 11.4. The number of ether oxygens (including phenoxy) is 1. The molecule has 1 aromatic heterocycles. The van der Waals surface area contributed by atoms with E-state index in [1.54, 1.807) is 12.1 Å². The summed E-state index contributed by atoms with van der Waals surface area (Å²) in [6, 6.07) is 3.76. The highest BCUT2D eigenvalue weighted by atomic mass is 16.5. The maximum atomic E-state index is 11.4. The highest BCUT2D eigenvalue weighted by molar-refractivity contribution is 5.94. The van der Waals surface area contributed by atoms with Gasteiger partial charge in [0.15, 0.2) is 5.76 Å². The average molecular weight is 209 g/mol. The minimum absolute atomic E-state index is 0.0991. The number of nitrogens with one attached hydrogen (secondary N) is 1. The molecule has 0 saturated carbocycles. The molecule has 0 spiro atoms. The van der Waals surface area contributed by atoms with E-state index in [1.165, 1.54) is 12.7 Å². The summed E-state index contributed by atoms with van der Waals surface area (Å²) in [7, 11) is 0. The molecule has 2 heterocycles. The van der Waals surface area contributed by atoms with E-state index in [0.717, 1.165) is 13.0 Å². The van der Waals surface area contributed by atoms with Crippen LogP contribution < -0.4 is 5.32 Å². The SMILES string of the molecule is O=C(COC[C@@H]1CCCN1)c1ccco1. The number of rotatable bonds is 5. The summed E-state index contributed by atoms with van der Waals surface area (Å²) in [4.78, 5) is 11.4. The third-order valence-corrected chi connectivity index (χ3v) is 2.51. The molecule has 1 N–H and O–H groups in total. The molecule has 82 valence electrons. The molecule has 0 unspecified atom stereocenters. The Labute approximate surface area is 88.6 Å². The van der Waals surface area contributed by atoms with Crippen LogP contribution in [0.15, 0.2) is 22.8 Å². The fourth-order valence-corrected chi connectivity index (χ4v) is 1.70. The van der Waals surface area contributed by atoms with E-state index in [9.17, 15) is 4.79 Å². The van der Waals surface area contributed by atoms with E-state index < -0.39 is 0 Å². The van der Waals surface area contributed by atoms with Crippen LogP contribution in [0.2, 0.25) is 0 Å². The van der Waals surface area contributed by atoms with Crippen LogP contribution in [0.3, 0.4) is 0 Å². The largest absolute Gasteiger partial charge is 0.461 e. The molecule has 2 rings (SSSR count). The number of hydrogen-bond donors (Lipinski definition) is 1. The van der Waals surface area contributed by atoms with Gasteiger partial charge in [-0.15, -0.1) is 0 Å². The Morgan fingerprint density at radius 1 is 1.67 bits per heavy atom. The van der Waals surface area contributed by atoms with Gasteiger partial charge >= 0.3 is 0 Å². The second kappa shape index (κ2) is 5.09. The molecular weight excluding hydrogens is 194 g/mol. The van der Waals surface area contributed by atoms with Crippen LogP contribution in [0, 0.1) is 0 Å². The Morgan fingerprint density at radius 3 is 3.27 bits per heavy atom. The highest BCUT2D eigenvalue weighted by Gasteiger charge is 2.15. The van der Waals surface area contributed by atoms with Gasteiger partial charge in [0.05, 0.1) is 12.9 Å². The predicted octanol–water partition coefficient (Wildman–Crippen LogP) is 1.23. The van der Waals surface area contributed by atoms with Crippen LogP contribution in [-0.4, -0.2) is 31.6 Å². The van der Waals surface area contributed by atoms with E-state index in [4.69, 9.17) is 9.15 Å². The molecule has 4 nitrogen and oxygen atoms in total. The van der Waals surface area contributed by atoms with Gasteiger partial charge in [0.2, 0.25) is 5.78 Å². The van der Waals surface area contributed by atoms with E-state index in [0.29, 0.717) is 18.4 Å². The first-order valence-corrected chi connectivity index (χ1v) is 5.24. The van der Waals surface area contributed by atoms with Gasteiger partial charge in [0, 0.05) is 6.04 Å². The van der Waals surface area contributed by atoms with Gasteiger partial charge in [-0.05, 0) is 31.5 Å². The van der Waals surface area contributed by atoms with E-state index in [2.05, 4.69) is 5.32 Å². The number of furan rings is 1. The number of ketones is 1. The van der Waals surface area contributed by atoms with Gasteiger partial charge in [0.25, 0.3) is 0 Å². The summed E-state index contributed by atoms with van der Waals surface area (Å²) >= 11 is 0. The Kier molecular flexibility index (Phi) is 3.53. The molecule has 0 amide bonds. The molecule has 4 heteroatoms. The van der Waals surface area contributed by atoms with Crippen molar-refractivity contribution in [2.45, 2.75) is 18.9 Å². The van der Waals surface area contributed by atoms with Crippen molar-refractivity contribution in [2.24, 2.45) is 0 Å².